The molecule has 2 rings (SSSR count). The van der Waals surface area contributed by atoms with Crippen LogP contribution in [0.15, 0.2) is 22.9 Å². The molecule has 2 aromatic heterocycles. The van der Waals surface area contributed by atoms with E-state index in [0.29, 0.717) is 17.5 Å². The van der Waals surface area contributed by atoms with Gasteiger partial charge in [0.1, 0.15) is 11.5 Å². The average Bonchev–Trinajstić information content (AvgIpc) is 2.90. The number of aryl methyl sites for hydroxylation is 1. The van der Waals surface area contributed by atoms with E-state index in [1.165, 1.54) is 0 Å². The summed E-state index contributed by atoms with van der Waals surface area (Å²) >= 11 is 0. The second-order valence-corrected chi connectivity index (χ2v) is 4.23. The molecule has 6 heteroatoms. The van der Waals surface area contributed by atoms with Crippen molar-refractivity contribution in [3.63, 3.8) is 0 Å². The minimum absolute atomic E-state index is 0.132. The highest BCUT2D eigenvalue weighted by Crippen LogP contribution is 2.30. The maximum absolute atomic E-state index is 5.38. The minimum Gasteiger partial charge on any atom is -0.480 e. The summed E-state index contributed by atoms with van der Waals surface area (Å²) in [5.41, 5.74) is 1.73. The number of rotatable bonds is 6. The summed E-state index contributed by atoms with van der Waals surface area (Å²) in [5, 5.41) is 3.37. The molecule has 0 aliphatic rings. The maximum Gasteiger partial charge on any atom is 0.240 e. The van der Waals surface area contributed by atoms with Gasteiger partial charge in [-0.05, 0) is 19.5 Å². The summed E-state index contributed by atoms with van der Waals surface area (Å²) < 4.78 is 15.8. The fourth-order valence-electron chi connectivity index (χ4n) is 2.07. The zero-order chi connectivity index (χ0) is 14.5. The van der Waals surface area contributed by atoms with Gasteiger partial charge in [0.25, 0.3) is 0 Å². The van der Waals surface area contributed by atoms with Gasteiger partial charge < -0.3 is 19.2 Å². The molecule has 0 saturated heterocycles. The highest BCUT2D eigenvalue weighted by molar-refractivity contribution is 5.35. The molecule has 6 nitrogen and oxygen atoms in total. The third-order valence-electron chi connectivity index (χ3n) is 3.04. The van der Waals surface area contributed by atoms with Gasteiger partial charge in [-0.2, -0.15) is 4.98 Å². The third-order valence-corrected chi connectivity index (χ3v) is 3.04. The Morgan fingerprint density at radius 1 is 1.35 bits per heavy atom. The largest absolute Gasteiger partial charge is 0.480 e. The first kappa shape index (κ1) is 14.3. The van der Waals surface area contributed by atoms with Crippen molar-refractivity contribution in [2.24, 2.45) is 0 Å². The van der Waals surface area contributed by atoms with Gasteiger partial charge in [0.15, 0.2) is 0 Å². The lowest BCUT2D eigenvalue weighted by Gasteiger charge is -2.18. The molecule has 1 N–H and O–H groups in total. The Morgan fingerprint density at radius 2 is 2.15 bits per heavy atom. The zero-order valence-electron chi connectivity index (χ0n) is 12.1. The first-order valence-electron chi connectivity index (χ1n) is 6.43. The molecule has 0 aliphatic heterocycles. The van der Waals surface area contributed by atoms with Crippen LogP contribution in [0.25, 0.3) is 0 Å². The summed E-state index contributed by atoms with van der Waals surface area (Å²) in [6, 6.07) is 1.79. The lowest BCUT2D eigenvalue weighted by molar-refractivity contribution is 0.352. The number of hydrogen-bond donors (Lipinski definition) is 1. The Labute approximate surface area is 118 Å². The number of ether oxygens (including phenoxy) is 2. The molecule has 0 fully saturated rings. The van der Waals surface area contributed by atoms with Crippen molar-refractivity contribution in [3.05, 3.63) is 35.5 Å². The number of methoxy groups -OCH3 is 2. The first-order valence-corrected chi connectivity index (χ1v) is 6.43. The van der Waals surface area contributed by atoms with Gasteiger partial charge >= 0.3 is 0 Å². The molecule has 1 unspecified atom stereocenters. The SMILES string of the molecule is CCNC(c1ccoc1C)c1ncc(OC)nc1OC. The van der Waals surface area contributed by atoms with Gasteiger partial charge in [-0.3, -0.25) is 0 Å². The van der Waals surface area contributed by atoms with E-state index >= 15 is 0 Å². The van der Waals surface area contributed by atoms with Crippen LogP contribution in [0.3, 0.4) is 0 Å². The normalized spacial score (nSPS) is 12.2. The van der Waals surface area contributed by atoms with E-state index in [0.717, 1.165) is 17.9 Å². The fraction of sp³-hybridized carbons (Fsp3) is 0.429. The molecular weight excluding hydrogens is 258 g/mol. The number of furan rings is 1. The topological polar surface area (TPSA) is 69.4 Å². The lowest BCUT2D eigenvalue weighted by atomic mass is 10.0. The van der Waals surface area contributed by atoms with E-state index in [1.807, 2.05) is 19.9 Å². The Bertz CT molecular complexity index is 569. The van der Waals surface area contributed by atoms with Crippen molar-refractivity contribution in [1.82, 2.24) is 15.3 Å². The average molecular weight is 277 g/mol. The van der Waals surface area contributed by atoms with Crippen LogP contribution >= 0.6 is 0 Å². The number of aromatic nitrogens is 2. The number of nitrogens with one attached hydrogen (secondary N) is 1. The predicted octanol–water partition coefficient (Wildman–Crippen LogP) is 2.09. The van der Waals surface area contributed by atoms with Crippen molar-refractivity contribution < 1.29 is 13.9 Å². The molecular formula is C14H19N3O3. The highest BCUT2D eigenvalue weighted by atomic mass is 16.5. The molecule has 0 saturated carbocycles. The second-order valence-electron chi connectivity index (χ2n) is 4.23. The van der Waals surface area contributed by atoms with Gasteiger partial charge in [-0.25, -0.2) is 4.98 Å². The lowest BCUT2D eigenvalue weighted by Crippen LogP contribution is -2.24. The maximum atomic E-state index is 5.38. The molecule has 1 atom stereocenters. The molecule has 0 aliphatic carbocycles. The molecule has 0 bridgehead atoms. The summed E-state index contributed by atoms with van der Waals surface area (Å²) in [6.07, 6.45) is 3.25. The first-order chi connectivity index (χ1) is 9.71. The van der Waals surface area contributed by atoms with E-state index < -0.39 is 0 Å². The van der Waals surface area contributed by atoms with Crippen molar-refractivity contribution in [1.29, 1.82) is 0 Å². The Kier molecular flexibility index (Phi) is 4.57. The quantitative estimate of drug-likeness (QED) is 0.872. The molecule has 0 radical (unpaired) electrons. The van der Waals surface area contributed by atoms with E-state index in [2.05, 4.69) is 15.3 Å². The number of nitrogens with zero attached hydrogens (tertiary/aromatic N) is 2. The van der Waals surface area contributed by atoms with Crippen LogP contribution in [0.1, 0.15) is 30.0 Å². The van der Waals surface area contributed by atoms with Crippen LogP contribution in [-0.2, 0) is 0 Å². The standard InChI is InChI=1S/C14H19N3O3/c1-5-15-12(10-6-7-20-9(10)2)13-14(19-4)17-11(18-3)8-16-13/h6-8,12,15H,5H2,1-4H3. The Balaban J connectivity index is 2.46. The van der Waals surface area contributed by atoms with Crippen molar-refractivity contribution >= 4 is 0 Å². The van der Waals surface area contributed by atoms with E-state index in [9.17, 15) is 0 Å². The van der Waals surface area contributed by atoms with Gasteiger partial charge in [0.05, 0.1) is 32.7 Å². The van der Waals surface area contributed by atoms with Gasteiger partial charge in [0.2, 0.25) is 11.8 Å². The van der Waals surface area contributed by atoms with Gasteiger partial charge in [-0.1, -0.05) is 6.92 Å². The van der Waals surface area contributed by atoms with Gasteiger partial charge in [-0.15, -0.1) is 0 Å². The Morgan fingerprint density at radius 3 is 2.70 bits per heavy atom. The van der Waals surface area contributed by atoms with Crippen LogP contribution in [0.4, 0.5) is 0 Å². The van der Waals surface area contributed by atoms with Crippen LogP contribution in [-0.4, -0.2) is 30.7 Å². The van der Waals surface area contributed by atoms with Crippen LogP contribution in [0.5, 0.6) is 11.8 Å². The van der Waals surface area contributed by atoms with E-state index in [-0.39, 0.29) is 6.04 Å². The van der Waals surface area contributed by atoms with Crippen LogP contribution in [0, 0.1) is 6.92 Å². The molecule has 20 heavy (non-hydrogen) atoms. The van der Waals surface area contributed by atoms with Crippen molar-refractivity contribution in [3.8, 4) is 11.8 Å². The van der Waals surface area contributed by atoms with Crippen molar-refractivity contribution in [2.75, 3.05) is 20.8 Å². The highest BCUT2D eigenvalue weighted by Gasteiger charge is 2.23. The monoisotopic (exact) mass is 277 g/mol. The third kappa shape index (κ3) is 2.75. The predicted molar refractivity (Wildman–Crippen MR) is 74.1 cm³/mol. The molecule has 108 valence electrons. The summed E-state index contributed by atoms with van der Waals surface area (Å²) in [5.74, 6) is 1.70. The van der Waals surface area contributed by atoms with Gasteiger partial charge in [0, 0.05) is 5.56 Å². The summed E-state index contributed by atoms with van der Waals surface area (Å²) in [6.45, 7) is 4.74. The number of hydrogen-bond acceptors (Lipinski definition) is 6. The second kappa shape index (κ2) is 6.38. The zero-order valence-corrected chi connectivity index (χ0v) is 12.1. The Hall–Kier alpha value is -2.08. The summed E-state index contributed by atoms with van der Waals surface area (Å²) in [4.78, 5) is 8.69. The molecule has 0 amide bonds. The van der Waals surface area contributed by atoms with Crippen LogP contribution < -0.4 is 14.8 Å². The minimum atomic E-state index is -0.132. The molecule has 0 aromatic carbocycles. The summed E-state index contributed by atoms with van der Waals surface area (Å²) in [7, 11) is 3.11. The smallest absolute Gasteiger partial charge is 0.240 e. The fourth-order valence-corrected chi connectivity index (χ4v) is 2.07. The van der Waals surface area contributed by atoms with E-state index in [4.69, 9.17) is 13.9 Å². The van der Waals surface area contributed by atoms with Crippen LogP contribution in [0.2, 0.25) is 0 Å². The molecule has 0 spiro atoms. The molecule has 2 heterocycles. The van der Waals surface area contributed by atoms with Crippen molar-refractivity contribution in [2.45, 2.75) is 19.9 Å². The van der Waals surface area contributed by atoms with E-state index in [1.54, 1.807) is 26.7 Å². The molecule has 2 aromatic rings.